The Bertz CT molecular complexity index is 855. The van der Waals surface area contributed by atoms with Gasteiger partial charge in [0.15, 0.2) is 0 Å². The molecule has 0 atom stereocenters. The van der Waals surface area contributed by atoms with Crippen LogP contribution in [0.15, 0.2) is 54.6 Å². The number of para-hydroxylation sites is 2. The summed E-state index contributed by atoms with van der Waals surface area (Å²) >= 11 is 0. The molecule has 26 heavy (non-hydrogen) atoms. The van der Waals surface area contributed by atoms with E-state index in [9.17, 15) is 4.79 Å². The Morgan fingerprint density at radius 1 is 1.08 bits per heavy atom. The molecule has 0 spiro atoms. The van der Waals surface area contributed by atoms with Gasteiger partial charge in [-0.25, -0.2) is 4.98 Å². The van der Waals surface area contributed by atoms with Crippen LogP contribution in [0, 0.1) is 0 Å². The Morgan fingerprint density at radius 2 is 1.81 bits per heavy atom. The molecule has 1 N–H and O–H groups in total. The van der Waals surface area contributed by atoms with Crippen LogP contribution < -0.4 is 5.32 Å². The molecule has 0 unspecified atom stereocenters. The standard InChI is InChI=1S/C21H26N4O/c1-24(2)15-8-16-25-19-12-7-6-11-18(19)23-20(25)13-14-22-21(26)17-9-4-3-5-10-17/h3-7,9-12H,8,13-16H2,1-2H3,(H,22,26). The molecule has 0 saturated heterocycles. The monoisotopic (exact) mass is 350 g/mol. The van der Waals surface area contributed by atoms with Crippen molar-refractivity contribution in [3.8, 4) is 0 Å². The second kappa shape index (κ2) is 8.63. The van der Waals surface area contributed by atoms with Gasteiger partial charge in [0.25, 0.3) is 5.91 Å². The summed E-state index contributed by atoms with van der Waals surface area (Å²) < 4.78 is 2.29. The molecule has 0 aliphatic carbocycles. The fraction of sp³-hybridized carbons (Fsp3) is 0.333. The van der Waals surface area contributed by atoms with Gasteiger partial charge in [-0.05, 0) is 51.3 Å². The van der Waals surface area contributed by atoms with E-state index in [1.54, 1.807) is 0 Å². The van der Waals surface area contributed by atoms with Crippen LogP contribution in [-0.4, -0.2) is 47.5 Å². The molecule has 5 nitrogen and oxygen atoms in total. The quantitative estimate of drug-likeness (QED) is 0.679. The predicted molar refractivity (Wildman–Crippen MR) is 105 cm³/mol. The molecule has 3 rings (SSSR count). The number of fused-ring (bicyclic) bond motifs is 1. The van der Waals surface area contributed by atoms with E-state index in [1.807, 2.05) is 48.5 Å². The van der Waals surface area contributed by atoms with Crippen molar-refractivity contribution in [3.63, 3.8) is 0 Å². The second-order valence-electron chi connectivity index (χ2n) is 6.70. The Kier molecular flexibility index (Phi) is 6.02. The third-order valence-electron chi connectivity index (χ3n) is 4.39. The van der Waals surface area contributed by atoms with E-state index >= 15 is 0 Å². The van der Waals surface area contributed by atoms with Crippen molar-refractivity contribution in [1.82, 2.24) is 19.8 Å². The minimum Gasteiger partial charge on any atom is -0.352 e. The molecular formula is C21H26N4O. The van der Waals surface area contributed by atoms with E-state index < -0.39 is 0 Å². The minimum atomic E-state index is -0.0409. The van der Waals surface area contributed by atoms with Gasteiger partial charge in [0.2, 0.25) is 0 Å². The van der Waals surface area contributed by atoms with Gasteiger partial charge in [-0.3, -0.25) is 4.79 Å². The molecule has 136 valence electrons. The molecule has 0 aliphatic heterocycles. The van der Waals surface area contributed by atoms with Crippen molar-refractivity contribution in [1.29, 1.82) is 0 Å². The molecule has 0 fully saturated rings. The average Bonchev–Trinajstić information content (AvgIpc) is 3.00. The maximum atomic E-state index is 12.2. The third kappa shape index (κ3) is 4.49. The topological polar surface area (TPSA) is 50.2 Å². The molecule has 5 heteroatoms. The lowest BCUT2D eigenvalue weighted by Gasteiger charge is -2.13. The second-order valence-corrected chi connectivity index (χ2v) is 6.70. The van der Waals surface area contributed by atoms with Crippen LogP contribution in [0.25, 0.3) is 11.0 Å². The number of carbonyl (C=O) groups excluding carboxylic acids is 1. The van der Waals surface area contributed by atoms with E-state index in [2.05, 4.69) is 34.9 Å². The van der Waals surface area contributed by atoms with E-state index in [4.69, 9.17) is 4.98 Å². The summed E-state index contributed by atoms with van der Waals surface area (Å²) in [7, 11) is 4.18. The summed E-state index contributed by atoms with van der Waals surface area (Å²) in [6, 6.07) is 17.5. The number of nitrogens with one attached hydrogen (secondary N) is 1. The first kappa shape index (κ1) is 18.1. The van der Waals surface area contributed by atoms with E-state index in [0.29, 0.717) is 12.1 Å². The van der Waals surface area contributed by atoms with Gasteiger partial charge in [0.1, 0.15) is 5.82 Å². The summed E-state index contributed by atoms with van der Waals surface area (Å²) in [5.74, 6) is 0.985. The van der Waals surface area contributed by atoms with Crippen LogP contribution in [0.2, 0.25) is 0 Å². The average molecular weight is 350 g/mol. The fourth-order valence-electron chi connectivity index (χ4n) is 3.09. The number of aromatic nitrogens is 2. The molecule has 1 amide bonds. The van der Waals surface area contributed by atoms with Gasteiger partial charge in [-0.1, -0.05) is 30.3 Å². The predicted octanol–water partition coefficient (Wildman–Crippen LogP) is 2.96. The van der Waals surface area contributed by atoms with Gasteiger partial charge in [0, 0.05) is 25.1 Å². The molecule has 0 aliphatic rings. The minimum absolute atomic E-state index is 0.0409. The van der Waals surface area contributed by atoms with Gasteiger partial charge >= 0.3 is 0 Å². The fourth-order valence-corrected chi connectivity index (χ4v) is 3.09. The number of benzene rings is 2. The van der Waals surface area contributed by atoms with Crippen LogP contribution in [0.4, 0.5) is 0 Å². The van der Waals surface area contributed by atoms with Crippen LogP contribution >= 0.6 is 0 Å². The summed E-state index contributed by atoms with van der Waals surface area (Å²) in [5, 5.41) is 2.99. The van der Waals surface area contributed by atoms with Crippen molar-refractivity contribution in [2.24, 2.45) is 0 Å². The Morgan fingerprint density at radius 3 is 2.58 bits per heavy atom. The Balaban J connectivity index is 1.67. The van der Waals surface area contributed by atoms with Crippen LogP contribution in [0.1, 0.15) is 22.6 Å². The normalized spacial score (nSPS) is 11.2. The highest BCUT2D eigenvalue weighted by atomic mass is 16.1. The van der Waals surface area contributed by atoms with Gasteiger partial charge in [-0.2, -0.15) is 0 Å². The molecule has 0 bridgehead atoms. The molecule has 1 aromatic heterocycles. The number of nitrogens with zero attached hydrogens (tertiary/aromatic N) is 3. The van der Waals surface area contributed by atoms with Crippen molar-refractivity contribution in [2.45, 2.75) is 19.4 Å². The molecule has 0 saturated carbocycles. The molecule has 0 radical (unpaired) electrons. The molecular weight excluding hydrogens is 324 g/mol. The van der Waals surface area contributed by atoms with Gasteiger partial charge in [-0.15, -0.1) is 0 Å². The van der Waals surface area contributed by atoms with Crippen molar-refractivity contribution in [3.05, 3.63) is 66.0 Å². The van der Waals surface area contributed by atoms with E-state index in [0.717, 1.165) is 42.8 Å². The molecule has 2 aromatic carbocycles. The lowest BCUT2D eigenvalue weighted by Crippen LogP contribution is -2.26. The van der Waals surface area contributed by atoms with Crippen molar-refractivity contribution in [2.75, 3.05) is 27.2 Å². The first-order valence-electron chi connectivity index (χ1n) is 9.07. The van der Waals surface area contributed by atoms with Gasteiger partial charge < -0.3 is 14.8 Å². The zero-order valence-corrected chi connectivity index (χ0v) is 15.5. The number of hydrogen-bond donors (Lipinski definition) is 1. The molecule has 3 aromatic rings. The number of carbonyl (C=O) groups is 1. The first-order valence-corrected chi connectivity index (χ1v) is 9.07. The smallest absolute Gasteiger partial charge is 0.251 e. The lowest BCUT2D eigenvalue weighted by molar-refractivity contribution is 0.0954. The summed E-state index contributed by atoms with van der Waals surface area (Å²) in [5.41, 5.74) is 2.87. The number of amides is 1. The lowest BCUT2D eigenvalue weighted by atomic mass is 10.2. The zero-order chi connectivity index (χ0) is 18.4. The van der Waals surface area contributed by atoms with Crippen molar-refractivity contribution < 1.29 is 4.79 Å². The third-order valence-corrected chi connectivity index (χ3v) is 4.39. The summed E-state index contributed by atoms with van der Waals surface area (Å²) in [6.07, 6.45) is 1.78. The Hall–Kier alpha value is -2.66. The highest BCUT2D eigenvalue weighted by molar-refractivity contribution is 5.94. The first-order chi connectivity index (χ1) is 12.6. The Labute approximate surface area is 154 Å². The summed E-state index contributed by atoms with van der Waals surface area (Å²) in [6.45, 7) is 2.54. The largest absolute Gasteiger partial charge is 0.352 e. The SMILES string of the molecule is CN(C)CCCn1c(CCNC(=O)c2ccccc2)nc2ccccc21. The van der Waals surface area contributed by atoms with Crippen LogP contribution in [0.5, 0.6) is 0 Å². The van der Waals surface area contributed by atoms with Gasteiger partial charge in [0.05, 0.1) is 11.0 Å². The maximum Gasteiger partial charge on any atom is 0.251 e. The highest BCUT2D eigenvalue weighted by Crippen LogP contribution is 2.17. The van der Waals surface area contributed by atoms with E-state index in [-0.39, 0.29) is 5.91 Å². The number of rotatable bonds is 8. The number of hydrogen-bond acceptors (Lipinski definition) is 3. The highest BCUT2D eigenvalue weighted by Gasteiger charge is 2.11. The number of aryl methyl sites for hydroxylation is 1. The summed E-state index contributed by atoms with van der Waals surface area (Å²) in [4.78, 5) is 19.2. The maximum absolute atomic E-state index is 12.2. The molecule has 1 heterocycles. The van der Waals surface area contributed by atoms with E-state index in [1.165, 1.54) is 0 Å². The van der Waals surface area contributed by atoms with Crippen LogP contribution in [0.3, 0.4) is 0 Å². The number of imidazole rings is 1. The zero-order valence-electron chi connectivity index (χ0n) is 15.5. The van der Waals surface area contributed by atoms with Crippen molar-refractivity contribution >= 4 is 16.9 Å². The van der Waals surface area contributed by atoms with Crippen LogP contribution in [-0.2, 0) is 13.0 Å².